The van der Waals surface area contributed by atoms with E-state index in [0.29, 0.717) is 5.92 Å². The predicted octanol–water partition coefficient (Wildman–Crippen LogP) is 3.50. The number of benzene rings is 1. The van der Waals surface area contributed by atoms with Gasteiger partial charge in [-0.15, -0.1) is 0 Å². The Morgan fingerprint density at radius 2 is 1.95 bits per heavy atom. The Balaban J connectivity index is 1.76. The molecule has 0 saturated carbocycles. The van der Waals surface area contributed by atoms with Gasteiger partial charge in [0, 0.05) is 18.6 Å². The number of hydrogen-bond acceptors (Lipinski definition) is 2. The summed E-state index contributed by atoms with van der Waals surface area (Å²) >= 11 is 0. The van der Waals surface area contributed by atoms with Crippen molar-refractivity contribution in [2.75, 3.05) is 26.2 Å². The Morgan fingerprint density at radius 3 is 2.60 bits per heavy atom. The minimum atomic E-state index is 0.228. The lowest BCUT2D eigenvalue weighted by Crippen LogP contribution is -2.41. The third-order valence-corrected chi connectivity index (χ3v) is 4.09. The molecule has 0 bridgehead atoms. The number of rotatable bonds is 5. The molecule has 20 heavy (non-hydrogen) atoms. The van der Waals surface area contributed by atoms with Crippen LogP contribution in [0, 0.1) is 5.92 Å². The highest BCUT2D eigenvalue weighted by molar-refractivity contribution is 5.20. The van der Waals surface area contributed by atoms with Gasteiger partial charge in [-0.05, 0) is 57.7 Å². The fraction of sp³-hybridized carbons (Fsp3) is 0.667. The number of hydrogen-bond donors (Lipinski definition) is 1. The molecule has 2 unspecified atom stereocenters. The van der Waals surface area contributed by atoms with Crippen molar-refractivity contribution in [2.24, 2.45) is 5.92 Å². The van der Waals surface area contributed by atoms with Crippen molar-refractivity contribution in [3.8, 4) is 0 Å². The van der Waals surface area contributed by atoms with Crippen LogP contribution in [0.2, 0.25) is 0 Å². The van der Waals surface area contributed by atoms with Crippen LogP contribution in [0.1, 0.15) is 45.6 Å². The summed E-state index contributed by atoms with van der Waals surface area (Å²) in [5.74, 6) is 1.45. The maximum absolute atomic E-state index is 3.61. The van der Waals surface area contributed by atoms with Gasteiger partial charge in [-0.1, -0.05) is 37.3 Å². The zero-order chi connectivity index (χ0) is 14.6. The molecule has 1 aliphatic rings. The zero-order valence-corrected chi connectivity index (χ0v) is 13.5. The van der Waals surface area contributed by atoms with E-state index in [0.717, 1.165) is 12.5 Å². The van der Waals surface area contributed by atoms with E-state index in [4.69, 9.17) is 0 Å². The van der Waals surface area contributed by atoms with Crippen LogP contribution in [0.4, 0.5) is 0 Å². The molecule has 1 aromatic rings. The third-order valence-electron chi connectivity index (χ3n) is 4.09. The van der Waals surface area contributed by atoms with E-state index in [9.17, 15) is 0 Å². The summed E-state index contributed by atoms with van der Waals surface area (Å²) in [4.78, 5) is 2.63. The van der Waals surface area contributed by atoms with Crippen LogP contribution in [-0.2, 0) is 0 Å². The highest BCUT2D eigenvalue weighted by Gasteiger charge is 2.24. The molecule has 0 radical (unpaired) electrons. The van der Waals surface area contributed by atoms with Crippen molar-refractivity contribution in [1.29, 1.82) is 0 Å². The molecule has 1 aliphatic heterocycles. The van der Waals surface area contributed by atoms with Gasteiger partial charge in [-0.25, -0.2) is 0 Å². The largest absolute Gasteiger partial charge is 0.312 e. The van der Waals surface area contributed by atoms with Gasteiger partial charge in [0.15, 0.2) is 0 Å². The van der Waals surface area contributed by atoms with Crippen LogP contribution < -0.4 is 5.32 Å². The second kappa shape index (κ2) is 6.73. The highest BCUT2D eigenvalue weighted by Crippen LogP contribution is 2.27. The minimum absolute atomic E-state index is 0.228. The zero-order valence-electron chi connectivity index (χ0n) is 13.5. The Kier molecular flexibility index (Phi) is 5.22. The molecule has 2 nitrogen and oxygen atoms in total. The molecular weight excluding hydrogens is 244 g/mol. The van der Waals surface area contributed by atoms with Gasteiger partial charge in [0.2, 0.25) is 0 Å². The molecule has 0 spiro atoms. The van der Waals surface area contributed by atoms with Gasteiger partial charge in [0.05, 0.1) is 0 Å². The van der Waals surface area contributed by atoms with Crippen LogP contribution >= 0.6 is 0 Å². The number of nitrogens with one attached hydrogen (secondary N) is 1. The normalized spacial score (nSPS) is 22.1. The quantitative estimate of drug-likeness (QED) is 0.884. The monoisotopic (exact) mass is 274 g/mol. The summed E-state index contributed by atoms with van der Waals surface area (Å²) in [6.45, 7) is 13.9. The predicted molar refractivity (Wildman–Crippen MR) is 87.2 cm³/mol. The lowest BCUT2D eigenvalue weighted by atomic mass is 9.99. The van der Waals surface area contributed by atoms with Gasteiger partial charge < -0.3 is 10.2 Å². The molecule has 0 aromatic heterocycles. The van der Waals surface area contributed by atoms with E-state index in [2.05, 4.69) is 68.2 Å². The van der Waals surface area contributed by atoms with Crippen molar-refractivity contribution >= 4 is 0 Å². The molecule has 1 fully saturated rings. The molecule has 112 valence electrons. The Morgan fingerprint density at radius 1 is 1.25 bits per heavy atom. The number of nitrogens with zero attached hydrogens (tertiary/aromatic N) is 1. The minimum Gasteiger partial charge on any atom is -0.312 e. The Labute approximate surface area is 124 Å². The van der Waals surface area contributed by atoms with Gasteiger partial charge in [0.25, 0.3) is 0 Å². The maximum Gasteiger partial charge on any atom is 0.00966 e. The summed E-state index contributed by atoms with van der Waals surface area (Å²) < 4.78 is 0. The first-order chi connectivity index (χ1) is 9.44. The summed E-state index contributed by atoms with van der Waals surface area (Å²) in [7, 11) is 0. The average molecular weight is 274 g/mol. The molecule has 2 heteroatoms. The molecule has 0 amide bonds. The van der Waals surface area contributed by atoms with Crippen LogP contribution in [0.5, 0.6) is 0 Å². The van der Waals surface area contributed by atoms with Crippen molar-refractivity contribution in [3.63, 3.8) is 0 Å². The Hall–Kier alpha value is -0.860. The molecule has 1 saturated heterocycles. The van der Waals surface area contributed by atoms with Crippen LogP contribution in [-0.4, -0.2) is 36.6 Å². The second-order valence-corrected chi connectivity index (χ2v) is 7.39. The molecule has 2 atom stereocenters. The van der Waals surface area contributed by atoms with Crippen LogP contribution in [0.25, 0.3) is 0 Å². The first-order valence-corrected chi connectivity index (χ1v) is 7.96. The molecule has 1 N–H and O–H groups in total. The van der Waals surface area contributed by atoms with Gasteiger partial charge in [-0.2, -0.15) is 0 Å². The van der Waals surface area contributed by atoms with Crippen LogP contribution in [0.15, 0.2) is 30.3 Å². The lowest BCUT2D eigenvalue weighted by molar-refractivity contribution is 0.266. The van der Waals surface area contributed by atoms with E-state index in [1.54, 1.807) is 0 Å². The standard InChI is InChI=1S/C18H30N2/c1-15(12-19-18(2,3)4)13-20-11-10-17(14-20)16-8-6-5-7-9-16/h5-9,15,17,19H,10-14H2,1-4H3. The first-order valence-electron chi connectivity index (χ1n) is 7.96. The summed E-state index contributed by atoms with van der Waals surface area (Å²) in [6.07, 6.45) is 1.31. The molecule has 0 aliphatic carbocycles. The van der Waals surface area contributed by atoms with E-state index in [1.165, 1.54) is 31.6 Å². The second-order valence-electron chi connectivity index (χ2n) is 7.39. The fourth-order valence-electron chi connectivity index (χ4n) is 2.98. The van der Waals surface area contributed by atoms with Crippen LogP contribution in [0.3, 0.4) is 0 Å². The summed E-state index contributed by atoms with van der Waals surface area (Å²) in [5, 5.41) is 3.61. The third kappa shape index (κ3) is 4.92. The van der Waals surface area contributed by atoms with Crippen molar-refractivity contribution in [1.82, 2.24) is 10.2 Å². The molecular formula is C18H30N2. The van der Waals surface area contributed by atoms with Crippen molar-refractivity contribution in [2.45, 2.75) is 45.6 Å². The van der Waals surface area contributed by atoms with E-state index in [-0.39, 0.29) is 5.54 Å². The topological polar surface area (TPSA) is 15.3 Å². The molecule has 1 aromatic carbocycles. The van der Waals surface area contributed by atoms with E-state index >= 15 is 0 Å². The van der Waals surface area contributed by atoms with E-state index < -0.39 is 0 Å². The van der Waals surface area contributed by atoms with Crippen molar-refractivity contribution in [3.05, 3.63) is 35.9 Å². The SMILES string of the molecule is CC(CNC(C)(C)C)CN1CCC(c2ccccc2)C1. The average Bonchev–Trinajstić information content (AvgIpc) is 2.85. The molecule has 1 heterocycles. The van der Waals surface area contributed by atoms with E-state index in [1.807, 2.05) is 0 Å². The summed E-state index contributed by atoms with van der Waals surface area (Å²) in [5.41, 5.74) is 1.74. The summed E-state index contributed by atoms with van der Waals surface area (Å²) in [6, 6.07) is 11.0. The Bertz CT molecular complexity index is 394. The maximum atomic E-state index is 3.61. The van der Waals surface area contributed by atoms with Gasteiger partial charge >= 0.3 is 0 Å². The smallest absolute Gasteiger partial charge is 0.00966 e. The van der Waals surface area contributed by atoms with Gasteiger partial charge in [0.1, 0.15) is 0 Å². The fourth-order valence-corrected chi connectivity index (χ4v) is 2.98. The molecule has 2 rings (SSSR count). The lowest BCUT2D eigenvalue weighted by Gasteiger charge is -2.26. The number of likely N-dealkylation sites (tertiary alicyclic amines) is 1. The highest BCUT2D eigenvalue weighted by atomic mass is 15.1. The van der Waals surface area contributed by atoms with Gasteiger partial charge in [-0.3, -0.25) is 0 Å². The first kappa shape index (κ1) is 15.5. The van der Waals surface area contributed by atoms with Crippen molar-refractivity contribution < 1.29 is 0 Å².